The molecule has 18 heavy (non-hydrogen) atoms. The average Bonchev–Trinajstić information content (AvgIpc) is 2.39. The van der Waals surface area contributed by atoms with Gasteiger partial charge in [-0.05, 0) is 25.5 Å². The van der Waals surface area contributed by atoms with Gasteiger partial charge in [-0.15, -0.1) is 0 Å². The van der Waals surface area contributed by atoms with Crippen LogP contribution in [-0.2, 0) is 6.54 Å². The Balaban J connectivity index is 1.76. The number of piperidine rings is 1. The lowest BCUT2D eigenvalue weighted by molar-refractivity contribution is 0.233. The van der Waals surface area contributed by atoms with Gasteiger partial charge < -0.3 is 16.0 Å². The lowest BCUT2D eigenvalue weighted by Gasteiger charge is -2.23. The zero-order valence-electron chi connectivity index (χ0n) is 10.2. The Hall–Kier alpha value is -1.62. The maximum atomic E-state index is 13.3. The summed E-state index contributed by atoms with van der Waals surface area (Å²) < 4.78 is 13.3. The summed E-state index contributed by atoms with van der Waals surface area (Å²) in [6.45, 7) is 2.01. The van der Waals surface area contributed by atoms with Crippen molar-refractivity contribution in [3.8, 4) is 0 Å². The average molecular weight is 251 g/mol. The van der Waals surface area contributed by atoms with Gasteiger partial charge >= 0.3 is 6.03 Å². The summed E-state index contributed by atoms with van der Waals surface area (Å²) in [6.07, 6.45) is 2.05. The molecule has 4 nitrogen and oxygen atoms in total. The second-order valence-corrected chi connectivity index (χ2v) is 4.46. The Labute approximate surface area is 106 Å². The van der Waals surface area contributed by atoms with Crippen molar-refractivity contribution in [3.63, 3.8) is 0 Å². The van der Waals surface area contributed by atoms with Crippen LogP contribution in [-0.4, -0.2) is 25.2 Å². The lowest BCUT2D eigenvalue weighted by atomic mass is 10.1. The third-order valence-electron chi connectivity index (χ3n) is 3.03. The van der Waals surface area contributed by atoms with Crippen LogP contribution in [0.2, 0.25) is 0 Å². The summed E-state index contributed by atoms with van der Waals surface area (Å²) in [5, 5.41) is 8.76. The van der Waals surface area contributed by atoms with Crippen LogP contribution in [0.25, 0.3) is 0 Å². The number of hydrogen-bond donors (Lipinski definition) is 3. The van der Waals surface area contributed by atoms with Crippen molar-refractivity contribution in [2.45, 2.75) is 25.4 Å². The number of rotatable bonds is 3. The topological polar surface area (TPSA) is 53.2 Å². The van der Waals surface area contributed by atoms with E-state index in [2.05, 4.69) is 16.0 Å². The number of carbonyl (C=O) groups excluding carboxylic acids is 1. The third kappa shape index (κ3) is 3.70. The van der Waals surface area contributed by atoms with Crippen molar-refractivity contribution >= 4 is 6.03 Å². The Kier molecular flexibility index (Phi) is 4.52. The minimum Gasteiger partial charge on any atom is -0.334 e. The van der Waals surface area contributed by atoms with Crippen molar-refractivity contribution in [2.75, 3.05) is 13.1 Å². The molecule has 1 aromatic rings. The smallest absolute Gasteiger partial charge is 0.315 e. The predicted octanol–water partition coefficient (Wildman–Crippen LogP) is 1.38. The lowest BCUT2D eigenvalue weighted by Crippen LogP contribution is -2.48. The number of nitrogens with one attached hydrogen (secondary N) is 3. The Morgan fingerprint density at radius 2 is 2.28 bits per heavy atom. The van der Waals surface area contributed by atoms with Crippen LogP contribution in [0.4, 0.5) is 9.18 Å². The summed E-state index contributed by atoms with van der Waals surface area (Å²) in [5.74, 6) is -0.294. The molecule has 3 N–H and O–H groups in total. The summed E-state index contributed by atoms with van der Waals surface area (Å²) in [4.78, 5) is 11.6. The van der Waals surface area contributed by atoms with Crippen molar-refractivity contribution in [1.82, 2.24) is 16.0 Å². The molecule has 0 bridgehead atoms. The van der Waals surface area contributed by atoms with E-state index < -0.39 is 0 Å². The van der Waals surface area contributed by atoms with Gasteiger partial charge in [0.25, 0.3) is 0 Å². The van der Waals surface area contributed by atoms with Crippen molar-refractivity contribution in [3.05, 3.63) is 35.6 Å². The second kappa shape index (κ2) is 6.35. The van der Waals surface area contributed by atoms with Crippen molar-refractivity contribution in [1.29, 1.82) is 0 Å². The highest BCUT2D eigenvalue weighted by Gasteiger charge is 2.14. The van der Waals surface area contributed by atoms with E-state index in [4.69, 9.17) is 0 Å². The fraction of sp³-hybridized carbons (Fsp3) is 0.462. The molecule has 0 aliphatic carbocycles. The zero-order chi connectivity index (χ0) is 12.8. The molecule has 5 heteroatoms. The molecule has 1 aliphatic rings. The van der Waals surface area contributed by atoms with Gasteiger partial charge in [0.15, 0.2) is 0 Å². The normalized spacial score (nSPS) is 19.3. The van der Waals surface area contributed by atoms with E-state index in [-0.39, 0.29) is 24.4 Å². The molecule has 0 aromatic heterocycles. The zero-order valence-corrected chi connectivity index (χ0v) is 10.2. The first-order valence-electron chi connectivity index (χ1n) is 6.24. The van der Waals surface area contributed by atoms with E-state index in [9.17, 15) is 9.18 Å². The fourth-order valence-corrected chi connectivity index (χ4v) is 2.03. The van der Waals surface area contributed by atoms with E-state index in [1.54, 1.807) is 18.2 Å². The van der Waals surface area contributed by atoms with Crippen LogP contribution < -0.4 is 16.0 Å². The first kappa shape index (κ1) is 12.8. The van der Waals surface area contributed by atoms with Gasteiger partial charge in [0, 0.05) is 24.7 Å². The molecule has 0 radical (unpaired) electrons. The molecule has 1 saturated heterocycles. The van der Waals surface area contributed by atoms with Crippen LogP contribution in [0.3, 0.4) is 0 Å². The predicted molar refractivity (Wildman–Crippen MR) is 67.7 cm³/mol. The van der Waals surface area contributed by atoms with Gasteiger partial charge in [0.05, 0.1) is 0 Å². The molecular weight excluding hydrogens is 233 g/mol. The monoisotopic (exact) mass is 251 g/mol. The van der Waals surface area contributed by atoms with E-state index >= 15 is 0 Å². The van der Waals surface area contributed by atoms with Crippen LogP contribution in [0.1, 0.15) is 18.4 Å². The van der Waals surface area contributed by atoms with Gasteiger partial charge in [0.1, 0.15) is 5.82 Å². The fourth-order valence-electron chi connectivity index (χ4n) is 2.03. The highest BCUT2D eigenvalue weighted by molar-refractivity contribution is 5.74. The second-order valence-electron chi connectivity index (χ2n) is 4.46. The van der Waals surface area contributed by atoms with E-state index in [0.717, 1.165) is 25.9 Å². The molecule has 98 valence electrons. The summed E-state index contributed by atoms with van der Waals surface area (Å²) in [6, 6.07) is 6.36. The molecule has 1 aliphatic heterocycles. The van der Waals surface area contributed by atoms with Gasteiger partial charge in [-0.25, -0.2) is 9.18 Å². The van der Waals surface area contributed by atoms with E-state index in [1.807, 2.05) is 0 Å². The molecule has 2 rings (SSSR count). The summed E-state index contributed by atoms with van der Waals surface area (Å²) in [5.41, 5.74) is 0.495. The first-order chi connectivity index (χ1) is 8.75. The third-order valence-corrected chi connectivity index (χ3v) is 3.03. The highest BCUT2D eigenvalue weighted by Crippen LogP contribution is 2.05. The molecule has 1 unspecified atom stereocenters. The van der Waals surface area contributed by atoms with Crippen LogP contribution in [0, 0.1) is 5.82 Å². The number of carbonyl (C=O) groups is 1. The van der Waals surface area contributed by atoms with Gasteiger partial charge in [-0.1, -0.05) is 18.2 Å². The number of amides is 2. The number of urea groups is 1. The molecular formula is C13H18FN3O. The van der Waals surface area contributed by atoms with Gasteiger partial charge in [-0.3, -0.25) is 0 Å². The molecule has 1 heterocycles. The van der Waals surface area contributed by atoms with Crippen molar-refractivity contribution < 1.29 is 9.18 Å². The van der Waals surface area contributed by atoms with E-state index in [0.29, 0.717) is 5.56 Å². The first-order valence-corrected chi connectivity index (χ1v) is 6.24. The van der Waals surface area contributed by atoms with Crippen molar-refractivity contribution in [2.24, 2.45) is 0 Å². The molecule has 0 spiro atoms. The quantitative estimate of drug-likeness (QED) is 0.760. The van der Waals surface area contributed by atoms with Gasteiger partial charge in [-0.2, -0.15) is 0 Å². The van der Waals surface area contributed by atoms with Crippen LogP contribution in [0.5, 0.6) is 0 Å². The summed E-state index contributed by atoms with van der Waals surface area (Å²) >= 11 is 0. The maximum Gasteiger partial charge on any atom is 0.315 e. The Bertz CT molecular complexity index is 405. The highest BCUT2D eigenvalue weighted by atomic mass is 19.1. The number of halogens is 1. The number of hydrogen-bond acceptors (Lipinski definition) is 2. The molecule has 1 aromatic carbocycles. The summed E-state index contributed by atoms with van der Waals surface area (Å²) in [7, 11) is 0. The molecule has 0 saturated carbocycles. The Morgan fingerprint density at radius 3 is 3.00 bits per heavy atom. The molecule has 1 atom stereocenters. The molecule has 2 amide bonds. The number of benzene rings is 1. The Morgan fingerprint density at radius 1 is 1.44 bits per heavy atom. The largest absolute Gasteiger partial charge is 0.334 e. The minimum atomic E-state index is -0.294. The van der Waals surface area contributed by atoms with Crippen LogP contribution in [0.15, 0.2) is 24.3 Å². The van der Waals surface area contributed by atoms with E-state index in [1.165, 1.54) is 6.07 Å². The van der Waals surface area contributed by atoms with Crippen LogP contribution >= 0.6 is 0 Å². The van der Waals surface area contributed by atoms with Gasteiger partial charge in [0.2, 0.25) is 0 Å². The molecule has 1 fully saturated rings. The SMILES string of the molecule is O=C(NCc1ccccc1F)NC1CCCNC1. The minimum absolute atomic E-state index is 0.166. The standard InChI is InChI=1S/C13H18FN3O/c14-12-6-2-1-4-10(12)8-16-13(18)17-11-5-3-7-15-9-11/h1-2,4,6,11,15H,3,5,7-9H2,(H2,16,17,18). The maximum absolute atomic E-state index is 13.3.